The number of hydrogen-bond acceptors (Lipinski definition) is 5. The van der Waals surface area contributed by atoms with Gasteiger partial charge in [-0.3, -0.25) is 9.88 Å². The second-order valence-corrected chi connectivity index (χ2v) is 11.5. The summed E-state index contributed by atoms with van der Waals surface area (Å²) in [7, 11) is 1.47. The van der Waals surface area contributed by atoms with Crippen molar-refractivity contribution < 1.29 is 9.53 Å². The topological polar surface area (TPSA) is 42.4 Å². The highest BCUT2D eigenvalue weighted by molar-refractivity contribution is 7.14. The molecule has 1 aliphatic carbocycles. The van der Waals surface area contributed by atoms with E-state index in [9.17, 15) is 4.79 Å². The molecule has 0 bridgehead atoms. The van der Waals surface area contributed by atoms with E-state index in [2.05, 4.69) is 60.7 Å². The third-order valence-corrected chi connectivity index (χ3v) is 7.69. The van der Waals surface area contributed by atoms with Gasteiger partial charge in [-0.1, -0.05) is 37.2 Å². The van der Waals surface area contributed by atoms with Gasteiger partial charge in [-0.25, -0.2) is 4.79 Å². The van der Waals surface area contributed by atoms with Crippen LogP contribution in [-0.4, -0.2) is 36.1 Å². The molecule has 2 aromatic rings. The molecule has 0 atom stereocenters. The van der Waals surface area contributed by atoms with Gasteiger partial charge in [0.2, 0.25) is 0 Å². The highest BCUT2D eigenvalue weighted by Crippen LogP contribution is 2.41. The first-order valence-electron chi connectivity index (χ1n) is 12.4. The van der Waals surface area contributed by atoms with Crippen LogP contribution in [0.2, 0.25) is 0 Å². The summed E-state index contributed by atoms with van der Waals surface area (Å²) in [5.41, 5.74) is 4.94. The Morgan fingerprint density at radius 2 is 2.03 bits per heavy atom. The van der Waals surface area contributed by atoms with Gasteiger partial charge in [-0.15, -0.1) is 11.3 Å². The van der Waals surface area contributed by atoms with Crippen molar-refractivity contribution in [2.45, 2.75) is 65.8 Å². The van der Waals surface area contributed by atoms with E-state index in [4.69, 9.17) is 4.74 Å². The normalized spacial score (nSPS) is 17.9. The SMILES string of the molecule is COC(=O)c1sc(C#CC(C)(C)C)cc1C1=C(C2CCCCC2)CN(Cc2ccccn2)CC1. The maximum Gasteiger partial charge on any atom is 0.348 e. The monoisotopic (exact) mass is 476 g/mol. The lowest BCUT2D eigenvalue weighted by molar-refractivity contribution is 0.0606. The molecule has 0 amide bonds. The van der Waals surface area contributed by atoms with Gasteiger partial charge in [-0.2, -0.15) is 0 Å². The largest absolute Gasteiger partial charge is 0.465 e. The molecular formula is C29H36N2O2S. The average molecular weight is 477 g/mol. The molecule has 2 aromatic heterocycles. The molecule has 5 heteroatoms. The van der Waals surface area contributed by atoms with E-state index in [-0.39, 0.29) is 11.4 Å². The molecule has 2 aliphatic rings. The van der Waals surface area contributed by atoms with Gasteiger partial charge in [0.25, 0.3) is 0 Å². The van der Waals surface area contributed by atoms with Crippen LogP contribution < -0.4 is 0 Å². The lowest BCUT2D eigenvalue weighted by atomic mass is 9.78. The zero-order chi connectivity index (χ0) is 24.1. The molecule has 0 aromatic carbocycles. The zero-order valence-corrected chi connectivity index (χ0v) is 21.8. The summed E-state index contributed by atoms with van der Waals surface area (Å²) in [6, 6.07) is 8.27. The fourth-order valence-electron chi connectivity index (χ4n) is 5.01. The van der Waals surface area contributed by atoms with Crippen molar-refractivity contribution in [3.63, 3.8) is 0 Å². The maximum absolute atomic E-state index is 12.8. The standard InChI is InChI=1S/C29H36N2O2S/c1-29(2,3)15-13-23-18-25(27(34-23)28(32)33-4)24-14-17-31(19-22-12-8-9-16-30-22)20-26(24)21-10-6-5-7-11-21/h8-9,12,16,18,21H,5-7,10-11,14,17,19-20H2,1-4H3. The number of methoxy groups -OCH3 is 1. The van der Waals surface area contributed by atoms with Gasteiger partial charge in [0, 0.05) is 36.8 Å². The predicted octanol–water partition coefficient (Wildman–Crippen LogP) is 6.57. The van der Waals surface area contributed by atoms with Crippen molar-refractivity contribution in [2.24, 2.45) is 11.3 Å². The predicted molar refractivity (Wildman–Crippen MR) is 140 cm³/mol. The Bertz CT molecular complexity index is 1090. The summed E-state index contributed by atoms with van der Waals surface area (Å²) in [4.78, 5) is 21.5. The minimum absolute atomic E-state index is 0.0844. The smallest absolute Gasteiger partial charge is 0.348 e. The van der Waals surface area contributed by atoms with Gasteiger partial charge < -0.3 is 4.74 Å². The average Bonchev–Trinajstić information content (AvgIpc) is 3.27. The molecule has 34 heavy (non-hydrogen) atoms. The Labute approximate surface area is 208 Å². The molecule has 4 nitrogen and oxygen atoms in total. The molecule has 180 valence electrons. The number of pyridine rings is 1. The van der Waals surface area contributed by atoms with E-state index in [1.807, 2.05) is 12.3 Å². The Morgan fingerprint density at radius 1 is 1.24 bits per heavy atom. The fraction of sp³-hybridized carbons (Fsp3) is 0.517. The highest BCUT2D eigenvalue weighted by atomic mass is 32.1. The summed E-state index contributed by atoms with van der Waals surface area (Å²) in [6.07, 6.45) is 9.20. The van der Waals surface area contributed by atoms with Crippen LogP contribution in [0.1, 0.15) is 85.1 Å². The quantitative estimate of drug-likeness (QED) is 0.362. The third kappa shape index (κ3) is 6.17. The number of esters is 1. The van der Waals surface area contributed by atoms with E-state index in [1.54, 1.807) is 0 Å². The van der Waals surface area contributed by atoms with Crippen molar-refractivity contribution >= 4 is 22.9 Å². The van der Waals surface area contributed by atoms with Gasteiger partial charge in [-0.05, 0) is 75.3 Å². The Hall–Kier alpha value is -2.42. The summed E-state index contributed by atoms with van der Waals surface area (Å²) < 4.78 is 5.19. The third-order valence-electron chi connectivity index (χ3n) is 6.66. The lowest BCUT2D eigenvalue weighted by Crippen LogP contribution is -2.34. The Balaban J connectivity index is 1.73. The van der Waals surface area contributed by atoms with Gasteiger partial charge in [0.05, 0.1) is 17.7 Å². The molecule has 0 spiro atoms. The minimum Gasteiger partial charge on any atom is -0.465 e. The molecule has 0 saturated heterocycles. The Kier molecular flexibility index (Phi) is 7.91. The van der Waals surface area contributed by atoms with Crippen molar-refractivity contribution in [3.05, 3.63) is 57.0 Å². The summed E-state index contributed by atoms with van der Waals surface area (Å²) in [6.45, 7) is 9.09. The first-order valence-corrected chi connectivity index (χ1v) is 13.3. The maximum atomic E-state index is 12.8. The number of carbonyl (C=O) groups excluding carboxylic acids is 1. The molecule has 0 unspecified atom stereocenters. The van der Waals surface area contributed by atoms with E-state index in [1.165, 1.54) is 61.7 Å². The fourth-order valence-corrected chi connectivity index (χ4v) is 5.96. The number of nitrogens with zero attached hydrogens (tertiary/aromatic N) is 2. The number of rotatable bonds is 5. The molecular weight excluding hydrogens is 440 g/mol. The van der Waals surface area contributed by atoms with E-state index >= 15 is 0 Å². The molecule has 1 saturated carbocycles. The second kappa shape index (κ2) is 10.9. The number of hydrogen-bond donors (Lipinski definition) is 0. The number of thiophene rings is 1. The first kappa shape index (κ1) is 24.7. The van der Waals surface area contributed by atoms with Crippen LogP contribution in [0.25, 0.3) is 5.57 Å². The minimum atomic E-state index is -0.254. The molecule has 0 radical (unpaired) electrons. The number of ether oxygens (including phenoxy) is 1. The summed E-state index contributed by atoms with van der Waals surface area (Å²) in [5, 5.41) is 0. The van der Waals surface area contributed by atoms with Crippen molar-refractivity contribution in [1.82, 2.24) is 9.88 Å². The van der Waals surface area contributed by atoms with E-state index in [0.717, 1.165) is 42.2 Å². The van der Waals surface area contributed by atoms with E-state index in [0.29, 0.717) is 10.8 Å². The molecule has 3 heterocycles. The summed E-state index contributed by atoms with van der Waals surface area (Å²) >= 11 is 1.47. The second-order valence-electron chi connectivity index (χ2n) is 10.5. The van der Waals surface area contributed by atoms with Crippen LogP contribution in [0.4, 0.5) is 0 Å². The van der Waals surface area contributed by atoms with Gasteiger partial charge in [0.15, 0.2) is 0 Å². The van der Waals surface area contributed by atoms with Crippen LogP contribution in [0, 0.1) is 23.2 Å². The van der Waals surface area contributed by atoms with Crippen LogP contribution in [0.3, 0.4) is 0 Å². The molecule has 1 aliphatic heterocycles. The molecule has 4 rings (SSSR count). The van der Waals surface area contributed by atoms with Gasteiger partial charge >= 0.3 is 5.97 Å². The van der Waals surface area contributed by atoms with Crippen LogP contribution in [0.15, 0.2) is 36.0 Å². The highest BCUT2D eigenvalue weighted by Gasteiger charge is 2.30. The van der Waals surface area contributed by atoms with E-state index < -0.39 is 0 Å². The number of carbonyl (C=O) groups is 1. The van der Waals surface area contributed by atoms with Crippen molar-refractivity contribution in [1.29, 1.82) is 0 Å². The molecule has 0 N–H and O–H groups in total. The molecule has 1 fully saturated rings. The first-order chi connectivity index (χ1) is 16.3. The zero-order valence-electron chi connectivity index (χ0n) is 20.9. The van der Waals surface area contributed by atoms with Gasteiger partial charge in [0.1, 0.15) is 4.88 Å². The van der Waals surface area contributed by atoms with Crippen LogP contribution >= 0.6 is 11.3 Å². The van der Waals surface area contributed by atoms with Crippen LogP contribution in [0.5, 0.6) is 0 Å². The van der Waals surface area contributed by atoms with Crippen LogP contribution in [-0.2, 0) is 11.3 Å². The van der Waals surface area contributed by atoms with Crippen molar-refractivity contribution in [2.75, 3.05) is 20.2 Å². The Morgan fingerprint density at radius 3 is 2.71 bits per heavy atom. The van der Waals surface area contributed by atoms with Crippen molar-refractivity contribution in [3.8, 4) is 11.8 Å². The number of aromatic nitrogens is 1. The lowest BCUT2D eigenvalue weighted by Gasteiger charge is -2.36. The summed E-state index contributed by atoms with van der Waals surface area (Å²) in [5.74, 6) is 6.98.